The second-order valence-corrected chi connectivity index (χ2v) is 10.4. The van der Waals surface area contributed by atoms with Crippen LogP contribution in [0.15, 0.2) is 54.7 Å². The number of aromatic nitrogens is 1. The van der Waals surface area contributed by atoms with Gasteiger partial charge in [0.1, 0.15) is 23.9 Å². The van der Waals surface area contributed by atoms with Crippen molar-refractivity contribution in [2.24, 2.45) is 11.7 Å². The zero-order valence-corrected chi connectivity index (χ0v) is 22.8. The SMILES string of the molecule is CC(C)CC(NC(=O)C(C)NC(=O)C(N)Cc1c[nH]c2ccccc12)C(=O)NC(Cc1ccc(O)cc1)C(=O)O. The van der Waals surface area contributed by atoms with Crippen molar-refractivity contribution in [2.45, 2.75) is 64.2 Å². The fourth-order valence-electron chi connectivity index (χ4n) is 4.36. The van der Waals surface area contributed by atoms with Gasteiger partial charge >= 0.3 is 5.97 Å². The highest BCUT2D eigenvalue weighted by atomic mass is 16.4. The molecule has 3 rings (SSSR count). The number of phenols is 1. The molecule has 0 bridgehead atoms. The molecule has 1 aromatic heterocycles. The number of carboxylic acid groups (broad SMARTS) is 1. The van der Waals surface area contributed by atoms with Crippen molar-refractivity contribution in [1.29, 1.82) is 0 Å². The van der Waals surface area contributed by atoms with Gasteiger partial charge in [-0.05, 0) is 55.0 Å². The van der Waals surface area contributed by atoms with E-state index in [-0.39, 0.29) is 30.9 Å². The summed E-state index contributed by atoms with van der Waals surface area (Å²) in [4.78, 5) is 53.7. The largest absolute Gasteiger partial charge is 0.508 e. The second-order valence-electron chi connectivity index (χ2n) is 10.4. The highest BCUT2D eigenvalue weighted by Crippen LogP contribution is 2.19. The van der Waals surface area contributed by atoms with E-state index in [4.69, 9.17) is 5.73 Å². The molecule has 1 heterocycles. The molecule has 0 radical (unpaired) electrons. The van der Waals surface area contributed by atoms with Crippen molar-refractivity contribution >= 4 is 34.6 Å². The predicted molar refractivity (Wildman–Crippen MR) is 150 cm³/mol. The number of nitrogens with one attached hydrogen (secondary N) is 4. The third-order valence-electron chi connectivity index (χ3n) is 6.53. The van der Waals surface area contributed by atoms with E-state index in [9.17, 15) is 29.4 Å². The fraction of sp³-hybridized carbons (Fsp3) is 0.379. The number of aliphatic carboxylic acids is 1. The van der Waals surface area contributed by atoms with E-state index in [1.54, 1.807) is 18.3 Å². The van der Waals surface area contributed by atoms with Gasteiger partial charge in [0.25, 0.3) is 0 Å². The average Bonchev–Trinajstić information content (AvgIpc) is 3.31. The van der Waals surface area contributed by atoms with Crippen molar-refractivity contribution < 1.29 is 29.4 Å². The van der Waals surface area contributed by atoms with Crippen LogP contribution in [0.5, 0.6) is 5.75 Å². The van der Waals surface area contributed by atoms with Crippen molar-refractivity contribution in [1.82, 2.24) is 20.9 Å². The number of amides is 3. The molecule has 2 aromatic carbocycles. The van der Waals surface area contributed by atoms with Crippen LogP contribution in [0, 0.1) is 5.92 Å². The number of fused-ring (bicyclic) bond motifs is 1. The number of aromatic hydroxyl groups is 1. The number of aromatic amines is 1. The van der Waals surface area contributed by atoms with E-state index in [1.165, 1.54) is 19.1 Å². The van der Waals surface area contributed by atoms with Crippen LogP contribution in [0.25, 0.3) is 10.9 Å². The van der Waals surface area contributed by atoms with E-state index in [0.717, 1.165) is 16.5 Å². The van der Waals surface area contributed by atoms with Gasteiger partial charge in [-0.3, -0.25) is 14.4 Å². The van der Waals surface area contributed by atoms with Crippen molar-refractivity contribution in [3.05, 3.63) is 65.9 Å². The Bertz CT molecular complexity index is 1340. The summed E-state index contributed by atoms with van der Waals surface area (Å²) in [5.41, 5.74) is 8.54. The molecule has 214 valence electrons. The number of carbonyl (C=O) groups excluding carboxylic acids is 3. The zero-order chi connectivity index (χ0) is 29.4. The second kappa shape index (κ2) is 13.6. The third-order valence-corrected chi connectivity index (χ3v) is 6.53. The molecule has 0 saturated carbocycles. The highest BCUT2D eigenvalue weighted by Gasteiger charge is 2.29. The molecule has 0 saturated heterocycles. The Morgan fingerprint density at radius 2 is 1.50 bits per heavy atom. The molecule has 40 heavy (non-hydrogen) atoms. The molecule has 0 aliphatic rings. The Morgan fingerprint density at radius 3 is 2.15 bits per heavy atom. The molecule has 11 nitrogen and oxygen atoms in total. The first-order valence-electron chi connectivity index (χ1n) is 13.2. The number of para-hydroxylation sites is 1. The van der Waals surface area contributed by atoms with Gasteiger partial charge in [-0.2, -0.15) is 0 Å². The van der Waals surface area contributed by atoms with E-state index >= 15 is 0 Å². The van der Waals surface area contributed by atoms with Crippen LogP contribution >= 0.6 is 0 Å². The number of nitrogens with two attached hydrogens (primary N) is 1. The molecule has 0 aliphatic heterocycles. The van der Waals surface area contributed by atoms with Crippen molar-refractivity contribution in [2.75, 3.05) is 0 Å². The van der Waals surface area contributed by atoms with Crippen molar-refractivity contribution in [3.63, 3.8) is 0 Å². The maximum atomic E-state index is 13.1. The van der Waals surface area contributed by atoms with E-state index in [1.807, 2.05) is 38.1 Å². The fourth-order valence-corrected chi connectivity index (χ4v) is 4.36. The summed E-state index contributed by atoms with van der Waals surface area (Å²) < 4.78 is 0. The van der Waals surface area contributed by atoms with Crippen LogP contribution in [0.4, 0.5) is 0 Å². The molecule has 0 fully saturated rings. The van der Waals surface area contributed by atoms with Gasteiger partial charge < -0.3 is 36.9 Å². The standard InChI is InChI=1S/C29H37N5O6/c1-16(2)12-24(28(38)34-25(29(39)40)13-18-8-10-20(35)11-9-18)33-26(36)17(3)32-27(37)22(30)14-19-15-31-23-7-5-4-6-21(19)23/h4-11,15-17,22,24-25,31,35H,12-14,30H2,1-3H3,(H,32,37)(H,33,36)(H,34,38)(H,39,40). The molecule has 4 atom stereocenters. The quantitative estimate of drug-likeness (QED) is 0.168. The lowest BCUT2D eigenvalue weighted by molar-refractivity contribution is -0.142. The normalized spacial score (nSPS) is 14.2. The minimum absolute atomic E-state index is 0.00548. The number of hydrogen-bond donors (Lipinski definition) is 7. The summed E-state index contributed by atoms with van der Waals surface area (Å²) in [7, 11) is 0. The van der Waals surface area contributed by atoms with E-state index in [2.05, 4.69) is 20.9 Å². The number of rotatable bonds is 13. The summed E-state index contributed by atoms with van der Waals surface area (Å²) >= 11 is 0. The zero-order valence-electron chi connectivity index (χ0n) is 22.8. The summed E-state index contributed by atoms with van der Waals surface area (Å²) in [6.07, 6.45) is 2.31. The van der Waals surface area contributed by atoms with Crippen LogP contribution in [-0.2, 0) is 32.0 Å². The lowest BCUT2D eigenvalue weighted by Gasteiger charge is -2.25. The molecule has 3 amide bonds. The average molecular weight is 552 g/mol. The van der Waals surface area contributed by atoms with Crippen LogP contribution in [0.3, 0.4) is 0 Å². The maximum Gasteiger partial charge on any atom is 0.326 e. The number of hydrogen-bond acceptors (Lipinski definition) is 6. The summed E-state index contributed by atoms with van der Waals surface area (Å²) in [5.74, 6) is -2.95. The predicted octanol–water partition coefficient (Wildman–Crippen LogP) is 1.59. The monoisotopic (exact) mass is 551 g/mol. The Morgan fingerprint density at radius 1 is 0.850 bits per heavy atom. The van der Waals surface area contributed by atoms with E-state index < -0.39 is 47.9 Å². The summed E-state index contributed by atoms with van der Waals surface area (Å²) in [6.45, 7) is 5.22. The number of benzene rings is 2. The first kappa shape index (κ1) is 30.2. The Labute approximate surface area is 232 Å². The van der Waals surface area contributed by atoms with E-state index in [0.29, 0.717) is 5.56 Å². The van der Waals surface area contributed by atoms with Crippen LogP contribution < -0.4 is 21.7 Å². The molecule has 11 heteroatoms. The lowest BCUT2D eigenvalue weighted by Crippen LogP contribution is -2.57. The van der Waals surface area contributed by atoms with Gasteiger partial charge in [0.05, 0.1) is 6.04 Å². The highest BCUT2D eigenvalue weighted by molar-refractivity contribution is 5.94. The van der Waals surface area contributed by atoms with Gasteiger partial charge in [-0.25, -0.2) is 4.79 Å². The number of phenolic OH excluding ortho intramolecular Hbond substituents is 1. The molecule has 4 unspecified atom stereocenters. The third kappa shape index (κ3) is 8.31. The molecule has 0 aliphatic carbocycles. The Kier molecular flexibility index (Phi) is 10.3. The molecule has 8 N–H and O–H groups in total. The van der Waals surface area contributed by atoms with Crippen LogP contribution in [0.1, 0.15) is 38.3 Å². The van der Waals surface area contributed by atoms with Crippen LogP contribution in [-0.4, -0.2) is 63.1 Å². The minimum atomic E-state index is -1.25. The summed E-state index contributed by atoms with van der Waals surface area (Å²) in [5, 5.41) is 27.8. The molecule has 0 spiro atoms. The lowest BCUT2D eigenvalue weighted by atomic mass is 10.0. The van der Waals surface area contributed by atoms with Gasteiger partial charge in [-0.15, -0.1) is 0 Å². The molecular weight excluding hydrogens is 514 g/mol. The van der Waals surface area contributed by atoms with Crippen molar-refractivity contribution in [3.8, 4) is 5.75 Å². The number of carbonyl (C=O) groups is 4. The first-order valence-corrected chi connectivity index (χ1v) is 13.2. The van der Waals surface area contributed by atoms with Crippen LogP contribution in [0.2, 0.25) is 0 Å². The summed E-state index contributed by atoms with van der Waals surface area (Å²) in [6, 6.07) is 9.49. The topological polar surface area (TPSA) is 187 Å². The minimum Gasteiger partial charge on any atom is -0.508 e. The van der Waals surface area contributed by atoms with Gasteiger partial charge in [0.15, 0.2) is 0 Å². The Balaban J connectivity index is 1.60. The molecule has 3 aromatic rings. The van der Waals surface area contributed by atoms with Gasteiger partial charge in [0.2, 0.25) is 17.7 Å². The maximum absolute atomic E-state index is 13.1. The number of carboxylic acids is 1. The first-order chi connectivity index (χ1) is 18.9. The smallest absolute Gasteiger partial charge is 0.326 e. The van der Waals surface area contributed by atoms with Gasteiger partial charge in [0, 0.05) is 23.5 Å². The Hall–Kier alpha value is -4.38. The molecular formula is C29H37N5O6. The van der Waals surface area contributed by atoms with Gasteiger partial charge in [-0.1, -0.05) is 44.2 Å². The number of H-pyrrole nitrogens is 1.